The number of rotatable bonds is 5. The minimum atomic E-state index is -0.220. The lowest BCUT2D eigenvalue weighted by Crippen LogP contribution is -2.37. The number of hydrogen-bond acceptors (Lipinski definition) is 5. The van der Waals surface area contributed by atoms with Gasteiger partial charge in [-0.25, -0.2) is 4.68 Å². The van der Waals surface area contributed by atoms with Gasteiger partial charge in [0, 0.05) is 19.1 Å². The highest BCUT2D eigenvalue weighted by Gasteiger charge is 2.13. The van der Waals surface area contributed by atoms with E-state index in [1.54, 1.807) is 16.4 Å². The van der Waals surface area contributed by atoms with Crippen LogP contribution in [0.1, 0.15) is 25.2 Å². The summed E-state index contributed by atoms with van der Waals surface area (Å²) < 4.78 is 1.71. The summed E-state index contributed by atoms with van der Waals surface area (Å²) in [5.41, 5.74) is 4.15. The van der Waals surface area contributed by atoms with Gasteiger partial charge in [-0.2, -0.15) is 0 Å². The maximum Gasteiger partial charge on any atom is 0.223 e. The molecule has 0 atom stereocenters. The normalized spacial score (nSPS) is 10.3. The summed E-state index contributed by atoms with van der Waals surface area (Å²) in [7, 11) is 0. The summed E-state index contributed by atoms with van der Waals surface area (Å²) in [5.74, 6) is 1.31. The molecule has 0 fully saturated rings. The van der Waals surface area contributed by atoms with E-state index in [4.69, 9.17) is 12.2 Å². The van der Waals surface area contributed by atoms with Crippen LogP contribution >= 0.6 is 24.0 Å². The van der Waals surface area contributed by atoms with E-state index in [9.17, 15) is 4.79 Å². The summed E-state index contributed by atoms with van der Waals surface area (Å²) in [5, 5.41) is 11.8. The minimum Gasteiger partial charge on any atom is -0.302 e. The molecule has 0 radical (unpaired) electrons. The third-order valence-electron chi connectivity index (χ3n) is 2.73. The lowest BCUT2D eigenvalue weighted by Gasteiger charge is -2.12. The highest BCUT2D eigenvalue weighted by atomic mass is 32.2. The summed E-state index contributed by atoms with van der Waals surface area (Å²) >= 11 is 6.65. The molecular weight excluding hydrogens is 318 g/mol. The molecule has 116 valence electrons. The highest BCUT2D eigenvalue weighted by Crippen LogP contribution is 2.21. The number of thiocarbonyl (C=S) groups is 1. The molecule has 2 N–H and O–H groups in total. The zero-order valence-corrected chi connectivity index (χ0v) is 14.0. The fourth-order valence-corrected chi connectivity index (χ4v) is 2.85. The lowest BCUT2D eigenvalue weighted by atomic mass is 10.2. The molecule has 22 heavy (non-hydrogen) atoms. The largest absolute Gasteiger partial charge is 0.302 e. The molecule has 0 aliphatic carbocycles. The van der Waals surface area contributed by atoms with E-state index in [1.165, 1.54) is 12.5 Å². The molecule has 0 aliphatic rings. The van der Waals surface area contributed by atoms with Crippen LogP contribution in [0.3, 0.4) is 0 Å². The number of nitrogens with zero attached hydrogens (tertiary/aromatic N) is 3. The van der Waals surface area contributed by atoms with Gasteiger partial charge in [-0.3, -0.25) is 10.2 Å². The number of amides is 1. The Labute approximate surface area is 138 Å². The first kappa shape index (κ1) is 16.4. The summed E-state index contributed by atoms with van der Waals surface area (Å²) in [6, 6.07) is 10.1. The first-order valence-corrected chi connectivity index (χ1v) is 8.19. The number of thioether (sulfide) groups is 1. The average molecular weight is 335 g/mol. The van der Waals surface area contributed by atoms with Crippen LogP contribution in [0.25, 0.3) is 0 Å². The van der Waals surface area contributed by atoms with Crippen LogP contribution in [0.5, 0.6) is 0 Å². The highest BCUT2D eigenvalue weighted by molar-refractivity contribution is 7.98. The van der Waals surface area contributed by atoms with E-state index in [1.807, 2.05) is 25.1 Å². The Hall–Kier alpha value is -1.93. The van der Waals surface area contributed by atoms with Gasteiger partial charge in [0.1, 0.15) is 0 Å². The second-order valence-corrected chi connectivity index (χ2v) is 5.83. The minimum absolute atomic E-state index is 0.220. The van der Waals surface area contributed by atoms with Crippen molar-refractivity contribution in [2.24, 2.45) is 0 Å². The molecule has 0 bridgehead atoms. The second kappa shape index (κ2) is 7.90. The molecule has 1 aromatic heterocycles. The summed E-state index contributed by atoms with van der Waals surface area (Å²) in [6.45, 7) is 3.39. The number of aromatic nitrogens is 3. The fourth-order valence-electron chi connectivity index (χ4n) is 1.75. The molecule has 2 rings (SSSR count). The van der Waals surface area contributed by atoms with Crippen molar-refractivity contribution in [2.75, 3.05) is 5.43 Å². The van der Waals surface area contributed by atoms with Crippen molar-refractivity contribution < 1.29 is 4.79 Å². The van der Waals surface area contributed by atoms with Crippen LogP contribution in [-0.2, 0) is 17.0 Å². The monoisotopic (exact) mass is 335 g/mol. The Balaban J connectivity index is 2.09. The lowest BCUT2D eigenvalue weighted by molar-refractivity contribution is -0.117. The Morgan fingerprint density at radius 2 is 2.05 bits per heavy atom. The van der Waals surface area contributed by atoms with Crippen LogP contribution in [0, 0.1) is 0 Å². The van der Waals surface area contributed by atoms with Gasteiger partial charge in [-0.1, -0.05) is 49.0 Å². The van der Waals surface area contributed by atoms with E-state index >= 15 is 0 Å². The number of carbonyl (C=O) groups excluding carboxylic acids is 1. The predicted octanol–water partition coefficient (Wildman–Crippen LogP) is 2.10. The Bertz CT molecular complexity index is 657. The molecular formula is C14H17N5OS2. The van der Waals surface area contributed by atoms with Crippen molar-refractivity contribution in [3.8, 4) is 0 Å². The zero-order valence-electron chi connectivity index (χ0n) is 12.4. The van der Waals surface area contributed by atoms with Gasteiger partial charge in [0.25, 0.3) is 0 Å². The van der Waals surface area contributed by atoms with Gasteiger partial charge in [0.05, 0.1) is 0 Å². The second-order valence-electron chi connectivity index (χ2n) is 4.48. The molecule has 2 aromatic rings. The summed E-state index contributed by atoms with van der Waals surface area (Å²) in [6.07, 6.45) is 0.703. The molecule has 0 unspecified atom stereocenters. The Morgan fingerprint density at radius 1 is 1.32 bits per heavy atom. The zero-order chi connectivity index (χ0) is 15.9. The van der Waals surface area contributed by atoms with Crippen LogP contribution < -0.4 is 10.7 Å². The van der Waals surface area contributed by atoms with Gasteiger partial charge in [0.2, 0.25) is 11.1 Å². The van der Waals surface area contributed by atoms with E-state index in [0.717, 1.165) is 11.6 Å². The molecule has 0 spiro atoms. The number of benzene rings is 1. The predicted molar refractivity (Wildman–Crippen MR) is 91.2 cm³/mol. The van der Waals surface area contributed by atoms with Crippen LogP contribution in [0.15, 0.2) is 35.5 Å². The van der Waals surface area contributed by atoms with Crippen molar-refractivity contribution in [3.05, 3.63) is 41.7 Å². The van der Waals surface area contributed by atoms with Crippen molar-refractivity contribution in [1.29, 1.82) is 0 Å². The molecule has 0 saturated heterocycles. The van der Waals surface area contributed by atoms with Crippen LogP contribution in [0.2, 0.25) is 0 Å². The van der Waals surface area contributed by atoms with Crippen molar-refractivity contribution >= 4 is 35.0 Å². The molecule has 8 heteroatoms. The molecule has 1 aromatic carbocycles. The smallest absolute Gasteiger partial charge is 0.223 e. The number of carbonyl (C=O) groups is 1. The molecule has 6 nitrogen and oxygen atoms in total. The molecule has 1 amide bonds. The standard InChI is InChI=1S/C14H17N5OS2/c1-3-12-16-17-14(19(12)18-13(21)15-10(2)20)22-9-11-7-5-4-6-8-11/h4-8H,3,9H2,1-2H3,(H2,15,18,20,21). The third-order valence-corrected chi connectivity index (χ3v) is 3.92. The summed E-state index contributed by atoms with van der Waals surface area (Å²) in [4.78, 5) is 11.0. The molecule has 1 heterocycles. The van der Waals surface area contributed by atoms with Crippen LogP contribution in [-0.4, -0.2) is 25.9 Å². The Morgan fingerprint density at radius 3 is 2.68 bits per heavy atom. The van der Waals surface area contributed by atoms with Crippen molar-refractivity contribution in [2.45, 2.75) is 31.2 Å². The van der Waals surface area contributed by atoms with E-state index in [-0.39, 0.29) is 11.0 Å². The van der Waals surface area contributed by atoms with Gasteiger partial charge in [0.15, 0.2) is 10.9 Å². The maximum absolute atomic E-state index is 11.0. The van der Waals surface area contributed by atoms with Gasteiger partial charge in [-0.15, -0.1) is 10.2 Å². The molecule has 0 saturated carbocycles. The van der Waals surface area contributed by atoms with Crippen molar-refractivity contribution in [1.82, 2.24) is 20.2 Å². The van der Waals surface area contributed by atoms with E-state index < -0.39 is 0 Å². The van der Waals surface area contributed by atoms with E-state index in [0.29, 0.717) is 11.6 Å². The molecule has 0 aliphatic heterocycles. The van der Waals surface area contributed by atoms with Crippen LogP contribution in [0.4, 0.5) is 0 Å². The SMILES string of the molecule is CCc1nnc(SCc2ccccc2)n1NC(=S)NC(C)=O. The van der Waals surface area contributed by atoms with Gasteiger partial charge >= 0.3 is 0 Å². The van der Waals surface area contributed by atoms with Gasteiger partial charge in [-0.05, 0) is 17.8 Å². The first-order chi connectivity index (χ1) is 10.6. The average Bonchev–Trinajstić information content (AvgIpc) is 2.87. The topological polar surface area (TPSA) is 71.8 Å². The number of nitrogens with one attached hydrogen (secondary N) is 2. The third kappa shape index (κ3) is 4.54. The maximum atomic E-state index is 11.0. The number of hydrogen-bond donors (Lipinski definition) is 2. The quantitative estimate of drug-likeness (QED) is 0.644. The fraction of sp³-hybridized carbons (Fsp3) is 0.286. The Kier molecular flexibility index (Phi) is 5.91. The number of aryl methyl sites for hydroxylation is 1. The van der Waals surface area contributed by atoms with E-state index in [2.05, 4.69) is 33.1 Å². The first-order valence-electron chi connectivity index (χ1n) is 6.79. The van der Waals surface area contributed by atoms with Gasteiger partial charge < -0.3 is 5.32 Å². The van der Waals surface area contributed by atoms with Crippen molar-refractivity contribution in [3.63, 3.8) is 0 Å².